The SMILES string of the molecule is CC(C)CCCOCC(O)CNCC1CCCO1. The molecule has 0 aromatic carbocycles. The highest BCUT2D eigenvalue weighted by Crippen LogP contribution is 2.10. The van der Waals surface area contributed by atoms with Crippen LogP contribution < -0.4 is 5.32 Å². The Morgan fingerprint density at radius 3 is 2.94 bits per heavy atom. The number of rotatable bonds is 10. The summed E-state index contributed by atoms with van der Waals surface area (Å²) in [6.07, 6.45) is 4.48. The number of aliphatic hydroxyl groups excluding tert-OH is 1. The molecule has 1 rings (SSSR count). The first-order valence-electron chi connectivity index (χ1n) is 7.26. The van der Waals surface area contributed by atoms with Crippen LogP contribution in [0.4, 0.5) is 0 Å². The molecule has 0 aromatic heterocycles. The third-order valence-electron chi connectivity index (χ3n) is 3.16. The highest BCUT2D eigenvalue weighted by molar-refractivity contribution is 4.69. The summed E-state index contributed by atoms with van der Waals surface area (Å²) in [5, 5.41) is 12.9. The van der Waals surface area contributed by atoms with E-state index in [9.17, 15) is 5.11 Å². The molecule has 0 amide bonds. The maximum atomic E-state index is 9.70. The second-order valence-electron chi connectivity index (χ2n) is 5.56. The lowest BCUT2D eigenvalue weighted by Crippen LogP contribution is -2.35. The molecule has 0 spiro atoms. The predicted octanol–water partition coefficient (Wildman–Crippen LogP) is 1.57. The van der Waals surface area contributed by atoms with Gasteiger partial charge in [0.2, 0.25) is 0 Å². The third-order valence-corrected chi connectivity index (χ3v) is 3.16. The fraction of sp³-hybridized carbons (Fsp3) is 1.00. The molecule has 0 aromatic rings. The van der Waals surface area contributed by atoms with E-state index in [1.165, 1.54) is 6.42 Å². The quantitative estimate of drug-likeness (QED) is 0.585. The summed E-state index contributed by atoms with van der Waals surface area (Å²) in [7, 11) is 0. The van der Waals surface area contributed by atoms with Crippen molar-refractivity contribution in [3.05, 3.63) is 0 Å². The molecule has 2 atom stereocenters. The molecule has 1 heterocycles. The minimum atomic E-state index is -0.412. The zero-order valence-electron chi connectivity index (χ0n) is 11.9. The van der Waals surface area contributed by atoms with Crippen molar-refractivity contribution in [2.75, 3.05) is 32.9 Å². The van der Waals surface area contributed by atoms with Gasteiger partial charge in [-0.15, -0.1) is 0 Å². The van der Waals surface area contributed by atoms with Crippen LogP contribution in [0, 0.1) is 5.92 Å². The van der Waals surface area contributed by atoms with E-state index in [-0.39, 0.29) is 0 Å². The molecule has 1 aliphatic heterocycles. The van der Waals surface area contributed by atoms with E-state index in [4.69, 9.17) is 9.47 Å². The minimum Gasteiger partial charge on any atom is -0.389 e. The highest BCUT2D eigenvalue weighted by Gasteiger charge is 2.15. The summed E-state index contributed by atoms with van der Waals surface area (Å²) >= 11 is 0. The van der Waals surface area contributed by atoms with Crippen molar-refractivity contribution in [1.82, 2.24) is 5.32 Å². The van der Waals surface area contributed by atoms with Gasteiger partial charge in [0.1, 0.15) is 0 Å². The van der Waals surface area contributed by atoms with Crippen LogP contribution in [0.15, 0.2) is 0 Å². The number of hydrogen-bond acceptors (Lipinski definition) is 4. The number of aliphatic hydroxyl groups is 1. The van der Waals surface area contributed by atoms with Gasteiger partial charge in [0.05, 0.1) is 18.8 Å². The van der Waals surface area contributed by atoms with Gasteiger partial charge in [-0.2, -0.15) is 0 Å². The van der Waals surface area contributed by atoms with E-state index >= 15 is 0 Å². The van der Waals surface area contributed by atoms with Crippen LogP contribution in [0.2, 0.25) is 0 Å². The summed E-state index contributed by atoms with van der Waals surface area (Å²) in [6.45, 7) is 7.91. The van der Waals surface area contributed by atoms with Gasteiger partial charge in [0.25, 0.3) is 0 Å². The Kier molecular flexibility index (Phi) is 8.59. The van der Waals surface area contributed by atoms with Crippen LogP contribution in [-0.2, 0) is 9.47 Å². The average Bonchev–Trinajstić information content (AvgIpc) is 2.81. The molecule has 4 nitrogen and oxygen atoms in total. The third kappa shape index (κ3) is 8.03. The van der Waals surface area contributed by atoms with E-state index in [1.807, 2.05) is 0 Å². The van der Waals surface area contributed by atoms with Gasteiger partial charge >= 0.3 is 0 Å². The van der Waals surface area contributed by atoms with Crippen LogP contribution in [0.25, 0.3) is 0 Å². The van der Waals surface area contributed by atoms with Gasteiger partial charge in [0.15, 0.2) is 0 Å². The minimum absolute atomic E-state index is 0.337. The van der Waals surface area contributed by atoms with Crippen LogP contribution in [0.5, 0.6) is 0 Å². The van der Waals surface area contributed by atoms with E-state index in [2.05, 4.69) is 19.2 Å². The Balaban J connectivity index is 1.85. The summed E-state index contributed by atoms with van der Waals surface area (Å²) < 4.78 is 10.9. The zero-order valence-corrected chi connectivity index (χ0v) is 11.9. The lowest BCUT2D eigenvalue weighted by molar-refractivity contribution is 0.0322. The molecule has 1 fully saturated rings. The molecule has 0 aliphatic carbocycles. The van der Waals surface area contributed by atoms with Gasteiger partial charge in [-0.05, 0) is 31.6 Å². The molecule has 2 N–H and O–H groups in total. The Morgan fingerprint density at radius 1 is 1.44 bits per heavy atom. The van der Waals surface area contributed by atoms with Crippen molar-refractivity contribution < 1.29 is 14.6 Å². The van der Waals surface area contributed by atoms with E-state index in [0.29, 0.717) is 19.3 Å². The first-order chi connectivity index (χ1) is 8.68. The van der Waals surface area contributed by atoms with Gasteiger partial charge in [-0.3, -0.25) is 0 Å². The number of ether oxygens (including phenoxy) is 2. The van der Waals surface area contributed by atoms with Crippen LogP contribution in [0.3, 0.4) is 0 Å². The van der Waals surface area contributed by atoms with Gasteiger partial charge in [-0.1, -0.05) is 13.8 Å². The Bertz CT molecular complexity index is 193. The molecule has 108 valence electrons. The van der Waals surface area contributed by atoms with E-state index < -0.39 is 6.10 Å². The molecule has 1 aliphatic rings. The molecule has 1 saturated heterocycles. The van der Waals surface area contributed by atoms with Gasteiger partial charge in [0, 0.05) is 26.3 Å². The molecule has 0 radical (unpaired) electrons. The van der Waals surface area contributed by atoms with E-state index in [0.717, 1.165) is 44.9 Å². The van der Waals surface area contributed by atoms with Crippen LogP contribution in [-0.4, -0.2) is 50.2 Å². The van der Waals surface area contributed by atoms with Gasteiger partial charge in [-0.25, -0.2) is 0 Å². The Morgan fingerprint density at radius 2 is 2.28 bits per heavy atom. The van der Waals surface area contributed by atoms with Crippen molar-refractivity contribution in [3.63, 3.8) is 0 Å². The standard InChI is InChI=1S/C14H29NO3/c1-12(2)5-3-7-17-11-13(16)9-15-10-14-6-4-8-18-14/h12-16H,3-11H2,1-2H3. The molecule has 0 saturated carbocycles. The first kappa shape index (κ1) is 15.9. The number of hydrogen-bond donors (Lipinski definition) is 2. The summed E-state index contributed by atoms with van der Waals surface area (Å²) in [5.74, 6) is 0.728. The Hall–Kier alpha value is -0.160. The normalized spacial score (nSPS) is 21.7. The van der Waals surface area contributed by atoms with Crippen molar-refractivity contribution in [2.45, 2.75) is 51.7 Å². The van der Waals surface area contributed by atoms with Crippen molar-refractivity contribution in [3.8, 4) is 0 Å². The monoisotopic (exact) mass is 259 g/mol. The van der Waals surface area contributed by atoms with Crippen molar-refractivity contribution in [2.24, 2.45) is 5.92 Å². The lowest BCUT2D eigenvalue weighted by atomic mass is 10.1. The maximum Gasteiger partial charge on any atom is 0.0897 e. The molecular formula is C14H29NO3. The summed E-state index contributed by atoms with van der Waals surface area (Å²) in [5.41, 5.74) is 0. The smallest absolute Gasteiger partial charge is 0.0897 e. The Labute approximate surface area is 111 Å². The molecule has 2 unspecified atom stereocenters. The first-order valence-corrected chi connectivity index (χ1v) is 7.26. The second kappa shape index (κ2) is 9.73. The maximum absolute atomic E-state index is 9.70. The topological polar surface area (TPSA) is 50.7 Å². The van der Waals surface area contributed by atoms with Gasteiger partial charge < -0.3 is 19.9 Å². The molecule has 4 heteroatoms. The second-order valence-corrected chi connectivity index (χ2v) is 5.56. The van der Waals surface area contributed by atoms with Crippen LogP contribution >= 0.6 is 0 Å². The average molecular weight is 259 g/mol. The summed E-state index contributed by atoms with van der Waals surface area (Å²) in [6, 6.07) is 0. The van der Waals surface area contributed by atoms with Crippen molar-refractivity contribution in [1.29, 1.82) is 0 Å². The molecule has 18 heavy (non-hydrogen) atoms. The number of nitrogens with one attached hydrogen (secondary N) is 1. The van der Waals surface area contributed by atoms with Crippen LogP contribution in [0.1, 0.15) is 39.5 Å². The van der Waals surface area contributed by atoms with Crippen molar-refractivity contribution >= 4 is 0 Å². The predicted molar refractivity (Wildman–Crippen MR) is 72.7 cm³/mol. The van der Waals surface area contributed by atoms with E-state index in [1.54, 1.807) is 0 Å². The zero-order chi connectivity index (χ0) is 13.2. The molecule has 0 bridgehead atoms. The fourth-order valence-electron chi connectivity index (χ4n) is 2.09. The lowest BCUT2D eigenvalue weighted by Gasteiger charge is -2.15. The largest absolute Gasteiger partial charge is 0.389 e. The highest BCUT2D eigenvalue weighted by atomic mass is 16.5. The molecular weight excluding hydrogens is 230 g/mol. The summed E-state index contributed by atoms with van der Waals surface area (Å²) in [4.78, 5) is 0. The fourth-order valence-corrected chi connectivity index (χ4v) is 2.09.